The highest BCUT2D eigenvalue weighted by molar-refractivity contribution is 9.10. The lowest BCUT2D eigenvalue weighted by Crippen LogP contribution is -2.39. The summed E-state index contributed by atoms with van der Waals surface area (Å²) in [4.78, 5) is 23.9. The summed E-state index contributed by atoms with van der Waals surface area (Å²) in [5.74, 6) is -1.01. The Bertz CT molecular complexity index is 490. The van der Waals surface area contributed by atoms with E-state index in [2.05, 4.69) is 21.2 Å². The summed E-state index contributed by atoms with van der Waals surface area (Å²) in [5.41, 5.74) is 1.54. The molecule has 1 atom stereocenters. The number of rotatable bonds is 2. The van der Waals surface area contributed by atoms with Crippen LogP contribution in [0.25, 0.3) is 0 Å². The second-order valence-corrected chi connectivity index (χ2v) is 4.70. The van der Waals surface area contributed by atoms with Gasteiger partial charge >= 0.3 is 12.0 Å². The lowest BCUT2D eigenvalue weighted by Gasteiger charge is -2.20. The molecule has 1 aliphatic heterocycles. The number of amides is 2. The molecule has 2 amide bonds. The van der Waals surface area contributed by atoms with Gasteiger partial charge < -0.3 is 10.4 Å². The third-order valence-corrected chi connectivity index (χ3v) is 3.57. The van der Waals surface area contributed by atoms with Crippen LogP contribution in [-0.2, 0) is 4.79 Å². The third-order valence-electron chi connectivity index (χ3n) is 2.68. The van der Waals surface area contributed by atoms with Gasteiger partial charge in [-0.05, 0) is 30.7 Å². The van der Waals surface area contributed by atoms with E-state index in [1.807, 2.05) is 6.92 Å². The summed E-state index contributed by atoms with van der Waals surface area (Å²) in [6.45, 7) is 2.01. The summed E-state index contributed by atoms with van der Waals surface area (Å²) in [6, 6.07) is 4.08. The topological polar surface area (TPSA) is 69.6 Å². The largest absolute Gasteiger partial charge is 0.480 e. The van der Waals surface area contributed by atoms with Gasteiger partial charge in [0.05, 0.1) is 6.54 Å². The van der Waals surface area contributed by atoms with Crippen LogP contribution < -0.4 is 10.2 Å². The predicted molar refractivity (Wildman–Crippen MR) is 66.2 cm³/mol. The molecule has 0 aliphatic carbocycles. The summed E-state index contributed by atoms with van der Waals surface area (Å²) in [5, 5.41) is 11.6. The zero-order chi connectivity index (χ0) is 12.6. The van der Waals surface area contributed by atoms with Crippen LogP contribution in [0.1, 0.15) is 5.56 Å². The van der Waals surface area contributed by atoms with Crippen LogP contribution in [0.3, 0.4) is 0 Å². The monoisotopic (exact) mass is 298 g/mol. The smallest absolute Gasteiger partial charge is 0.328 e. The maximum absolute atomic E-state index is 11.6. The number of anilines is 1. The number of nitrogens with zero attached hydrogens (tertiary/aromatic N) is 1. The summed E-state index contributed by atoms with van der Waals surface area (Å²) >= 11 is 3.36. The Hall–Kier alpha value is -1.56. The number of aryl methyl sites for hydroxylation is 1. The average molecular weight is 299 g/mol. The molecule has 1 aromatic rings. The van der Waals surface area contributed by atoms with Crippen molar-refractivity contribution in [1.29, 1.82) is 0 Å². The Labute approximate surface area is 107 Å². The van der Waals surface area contributed by atoms with Crippen molar-refractivity contribution >= 4 is 33.6 Å². The van der Waals surface area contributed by atoms with Crippen LogP contribution in [0.15, 0.2) is 22.7 Å². The van der Waals surface area contributed by atoms with Crippen LogP contribution in [0.2, 0.25) is 0 Å². The number of carboxylic acid groups (broad SMARTS) is 1. The standard InChI is InChI=1S/C11H11BrN2O3/c1-6-4-7(2-3-8(6)12)14-9(10(15)16)5-13-11(14)17/h2-4,9H,5H2,1H3,(H,13,17)(H,15,16). The molecular weight excluding hydrogens is 288 g/mol. The minimum Gasteiger partial charge on any atom is -0.480 e. The molecule has 1 fully saturated rings. The van der Waals surface area contributed by atoms with Crippen molar-refractivity contribution in [1.82, 2.24) is 5.32 Å². The first-order valence-corrected chi connectivity index (χ1v) is 5.86. The van der Waals surface area contributed by atoms with Crippen molar-refractivity contribution in [2.75, 3.05) is 11.4 Å². The van der Waals surface area contributed by atoms with Crippen LogP contribution in [0, 0.1) is 6.92 Å². The van der Waals surface area contributed by atoms with Crippen molar-refractivity contribution < 1.29 is 14.7 Å². The molecular formula is C11H11BrN2O3. The first-order valence-electron chi connectivity index (χ1n) is 5.06. The number of nitrogens with one attached hydrogen (secondary N) is 1. The first-order chi connectivity index (χ1) is 8.00. The van der Waals surface area contributed by atoms with Crippen molar-refractivity contribution in [3.63, 3.8) is 0 Å². The summed E-state index contributed by atoms with van der Waals surface area (Å²) < 4.78 is 0.924. The van der Waals surface area contributed by atoms with Gasteiger partial charge in [-0.15, -0.1) is 0 Å². The number of hydrogen-bond acceptors (Lipinski definition) is 2. The highest BCUT2D eigenvalue weighted by Gasteiger charge is 2.37. The minimum atomic E-state index is -1.01. The van der Waals surface area contributed by atoms with Gasteiger partial charge in [0.2, 0.25) is 0 Å². The van der Waals surface area contributed by atoms with Gasteiger partial charge in [-0.3, -0.25) is 4.90 Å². The van der Waals surface area contributed by atoms with Gasteiger partial charge in [-0.2, -0.15) is 0 Å². The molecule has 2 N–H and O–H groups in total. The van der Waals surface area contributed by atoms with E-state index in [4.69, 9.17) is 5.11 Å². The predicted octanol–water partition coefficient (Wildman–Crippen LogP) is 1.74. The Morgan fingerprint density at radius 1 is 1.59 bits per heavy atom. The van der Waals surface area contributed by atoms with Crippen LogP contribution in [-0.4, -0.2) is 29.7 Å². The molecule has 90 valence electrons. The second kappa shape index (κ2) is 4.37. The number of carboxylic acids is 1. The number of carbonyl (C=O) groups excluding carboxylic acids is 1. The highest BCUT2D eigenvalue weighted by Crippen LogP contribution is 2.26. The number of hydrogen-bond donors (Lipinski definition) is 2. The van der Waals surface area contributed by atoms with E-state index in [-0.39, 0.29) is 12.6 Å². The molecule has 0 bridgehead atoms. The molecule has 1 saturated heterocycles. The van der Waals surface area contributed by atoms with Crippen LogP contribution >= 0.6 is 15.9 Å². The first kappa shape index (κ1) is 11.9. The Balaban J connectivity index is 2.39. The zero-order valence-corrected chi connectivity index (χ0v) is 10.7. The van der Waals surface area contributed by atoms with E-state index in [1.54, 1.807) is 18.2 Å². The molecule has 2 rings (SSSR count). The van der Waals surface area contributed by atoms with Gasteiger partial charge in [0.1, 0.15) is 0 Å². The number of urea groups is 1. The molecule has 5 nitrogen and oxygen atoms in total. The van der Waals surface area contributed by atoms with Crippen molar-refractivity contribution in [2.45, 2.75) is 13.0 Å². The number of aliphatic carboxylic acids is 1. The molecule has 1 aromatic carbocycles. The van der Waals surface area contributed by atoms with Crippen LogP contribution in [0.4, 0.5) is 10.5 Å². The normalized spacial score (nSPS) is 19.3. The van der Waals surface area contributed by atoms with Crippen molar-refractivity contribution in [3.8, 4) is 0 Å². The molecule has 6 heteroatoms. The summed E-state index contributed by atoms with van der Waals surface area (Å²) in [6.07, 6.45) is 0. The molecule has 1 unspecified atom stereocenters. The maximum atomic E-state index is 11.6. The summed E-state index contributed by atoms with van der Waals surface area (Å²) in [7, 11) is 0. The molecule has 0 saturated carbocycles. The fourth-order valence-corrected chi connectivity index (χ4v) is 2.02. The number of halogens is 1. The quantitative estimate of drug-likeness (QED) is 0.874. The SMILES string of the molecule is Cc1cc(N2C(=O)NCC2C(=O)O)ccc1Br. The second-order valence-electron chi connectivity index (χ2n) is 3.84. The maximum Gasteiger partial charge on any atom is 0.328 e. The number of benzene rings is 1. The van der Waals surface area contributed by atoms with E-state index >= 15 is 0 Å². The lowest BCUT2D eigenvalue weighted by molar-refractivity contribution is -0.137. The Kier molecular flexibility index (Phi) is 3.06. The fraction of sp³-hybridized carbons (Fsp3) is 0.273. The Morgan fingerprint density at radius 3 is 2.88 bits per heavy atom. The van der Waals surface area contributed by atoms with Gasteiger partial charge in [0, 0.05) is 10.2 Å². The lowest BCUT2D eigenvalue weighted by atomic mass is 10.2. The van der Waals surface area contributed by atoms with E-state index in [9.17, 15) is 9.59 Å². The van der Waals surface area contributed by atoms with Crippen molar-refractivity contribution in [2.24, 2.45) is 0 Å². The van der Waals surface area contributed by atoms with E-state index < -0.39 is 12.0 Å². The highest BCUT2D eigenvalue weighted by atomic mass is 79.9. The van der Waals surface area contributed by atoms with E-state index in [0.717, 1.165) is 10.0 Å². The molecule has 1 aliphatic rings. The van der Waals surface area contributed by atoms with Crippen molar-refractivity contribution in [3.05, 3.63) is 28.2 Å². The molecule has 17 heavy (non-hydrogen) atoms. The molecule has 0 aromatic heterocycles. The molecule has 0 radical (unpaired) electrons. The van der Waals surface area contributed by atoms with Crippen LogP contribution in [0.5, 0.6) is 0 Å². The molecule has 0 spiro atoms. The average Bonchev–Trinajstić information content (AvgIpc) is 2.64. The third kappa shape index (κ3) is 2.12. The zero-order valence-electron chi connectivity index (χ0n) is 9.11. The number of carbonyl (C=O) groups is 2. The van der Waals surface area contributed by atoms with Gasteiger partial charge in [0.25, 0.3) is 0 Å². The molecule has 1 heterocycles. The van der Waals surface area contributed by atoms with Gasteiger partial charge in [0.15, 0.2) is 6.04 Å². The van der Waals surface area contributed by atoms with Gasteiger partial charge in [-0.25, -0.2) is 9.59 Å². The van der Waals surface area contributed by atoms with E-state index in [0.29, 0.717) is 5.69 Å². The Morgan fingerprint density at radius 2 is 2.29 bits per heavy atom. The minimum absolute atomic E-state index is 0.128. The van der Waals surface area contributed by atoms with Gasteiger partial charge in [-0.1, -0.05) is 15.9 Å². The fourth-order valence-electron chi connectivity index (χ4n) is 1.78. The van der Waals surface area contributed by atoms with E-state index in [1.165, 1.54) is 4.90 Å².